The third-order valence-electron chi connectivity index (χ3n) is 2.93. The summed E-state index contributed by atoms with van der Waals surface area (Å²) in [5.74, 6) is 0. The van der Waals surface area contributed by atoms with Gasteiger partial charge in [-0.15, -0.1) is 0 Å². The van der Waals surface area contributed by atoms with Crippen LogP contribution in [-0.4, -0.2) is 50.1 Å². The lowest BCUT2D eigenvalue weighted by atomic mass is 10.2. The van der Waals surface area contributed by atoms with Crippen molar-refractivity contribution in [3.63, 3.8) is 0 Å². The molecule has 2 fully saturated rings. The van der Waals surface area contributed by atoms with E-state index in [4.69, 9.17) is 15.2 Å². The molecule has 3 unspecified atom stereocenters. The van der Waals surface area contributed by atoms with Gasteiger partial charge in [-0.3, -0.25) is 4.90 Å². The van der Waals surface area contributed by atoms with E-state index in [2.05, 4.69) is 11.9 Å². The standard InChI is InChI=1S/C9H18N2O2/c1-11-4-2-3-8(11)9-12-6-7(5-10)13-9/h7-9H,2-6,10H2,1H3. The summed E-state index contributed by atoms with van der Waals surface area (Å²) in [6, 6.07) is 0.441. The van der Waals surface area contributed by atoms with Gasteiger partial charge in [0.25, 0.3) is 0 Å². The molecule has 0 radical (unpaired) electrons. The van der Waals surface area contributed by atoms with Crippen LogP contribution >= 0.6 is 0 Å². The minimum atomic E-state index is -0.0407. The lowest BCUT2D eigenvalue weighted by Gasteiger charge is -2.24. The zero-order valence-electron chi connectivity index (χ0n) is 8.11. The van der Waals surface area contributed by atoms with E-state index in [0.29, 0.717) is 19.2 Å². The number of hydrogen-bond acceptors (Lipinski definition) is 4. The minimum Gasteiger partial charge on any atom is -0.348 e. The first kappa shape index (κ1) is 9.40. The third kappa shape index (κ3) is 1.86. The quantitative estimate of drug-likeness (QED) is 0.648. The summed E-state index contributed by atoms with van der Waals surface area (Å²) in [4.78, 5) is 2.31. The zero-order valence-corrected chi connectivity index (χ0v) is 8.11. The molecular formula is C9H18N2O2. The van der Waals surface area contributed by atoms with Gasteiger partial charge in [-0.2, -0.15) is 0 Å². The molecule has 2 aliphatic rings. The molecule has 0 amide bonds. The SMILES string of the molecule is CN1CCCC1C1OCC(CN)O1. The highest BCUT2D eigenvalue weighted by atomic mass is 16.7. The van der Waals surface area contributed by atoms with Crippen LogP contribution in [0.2, 0.25) is 0 Å². The van der Waals surface area contributed by atoms with Crippen LogP contribution in [0.4, 0.5) is 0 Å². The number of likely N-dealkylation sites (N-methyl/N-ethyl adjacent to an activating group) is 1. The minimum absolute atomic E-state index is 0.0407. The Morgan fingerprint density at radius 3 is 2.92 bits per heavy atom. The topological polar surface area (TPSA) is 47.7 Å². The Hall–Kier alpha value is -0.160. The van der Waals surface area contributed by atoms with Gasteiger partial charge >= 0.3 is 0 Å². The molecule has 2 N–H and O–H groups in total. The Kier molecular flexibility index (Phi) is 2.83. The predicted molar refractivity (Wildman–Crippen MR) is 49.3 cm³/mol. The molecule has 2 heterocycles. The summed E-state index contributed by atoms with van der Waals surface area (Å²) in [5.41, 5.74) is 5.51. The van der Waals surface area contributed by atoms with Crippen LogP contribution in [0.1, 0.15) is 12.8 Å². The molecule has 0 bridgehead atoms. The van der Waals surface area contributed by atoms with Crippen molar-refractivity contribution in [2.75, 3.05) is 26.7 Å². The van der Waals surface area contributed by atoms with E-state index in [-0.39, 0.29) is 12.4 Å². The van der Waals surface area contributed by atoms with E-state index in [1.807, 2.05) is 0 Å². The van der Waals surface area contributed by atoms with Crippen LogP contribution in [0, 0.1) is 0 Å². The van der Waals surface area contributed by atoms with Crippen molar-refractivity contribution in [1.82, 2.24) is 4.90 Å². The molecule has 4 heteroatoms. The van der Waals surface area contributed by atoms with Crippen LogP contribution in [0.25, 0.3) is 0 Å². The number of nitrogens with zero attached hydrogens (tertiary/aromatic N) is 1. The van der Waals surface area contributed by atoms with Gasteiger partial charge in [-0.25, -0.2) is 0 Å². The summed E-state index contributed by atoms with van der Waals surface area (Å²) in [6.07, 6.45) is 2.50. The van der Waals surface area contributed by atoms with Crippen molar-refractivity contribution in [2.45, 2.75) is 31.3 Å². The van der Waals surface area contributed by atoms with Crippen molar-refractivity contribution in [3.8, 4) is 0 Å². The van der Waals surface area contributed by atoms with E-state index < -0.39 is 0 Å². The Morgan fingerprint density at radius 2 is 2.38 bits per heavy atom. The van der Waals surface area contributed by atoms with Gasteiger partial charge in [-0.05, 0) is 26.4 Å². The molecule has 2 saturated heterocycles. The van der Waals surface area contributed by atoms with Gasteiger partial charge in [0, 0.05) is 6.54 Å². The number of likely N-dealkylation sites (tertiary alicyclic amines) is 1. The Balaban J connectivity index is 1.88. The van der Waals surface area contributed by atoms with Crippen molar-refractivity contribution >= 4 is 0 Å². The molecule has 0 aromatic rings. The monoisotopic (exact) mass is 186 g/mol. The lowest BCUT2D eigenvalue weighted by molar-refractivity contribution is -0.0967. The number of nitrogens with two attached hydrogens (primary N) is 1. The Labute approximate surface area is 79.0 Å². The fourth-order valence-electron chi connectivity index (χ4n) is 2.08. The molecular weight excluding hydrogens is 168 g/mol. The van der Waals surface area contributed by atoms with Gasteiger partial charge in [-0.1, -0.05) is 0 Å². The Morgan fingerprint density at radius 1 is 1.54 bits per heavy atom. The molecule has 13 heavy (non-hydrogen) atoms. The van der Waals surface area contributed by atoms with E-state index >= 15 is 0 Å². The Bertz CT molecular complexity index is 177. The van der Waals surface area contributed by atoms with Gasteiger partial charge in [0.05, 0.1) is 18.8 Å². The number of rotatable bonds is 2. The fourth-order valence-corrected chi connectivity index (χ4v) is 2.08. The summed E-state index contributed by atoms with van der Waals surface area (Å²) in [7, 11) is 2.13. The highest BCUT2D eigenvalue weighted by Gasteiger charge is 2.36. The maximum Gasteiger partial charge on any atom is 0.173 e. The van der Waals surface area contributed by atoms with Crippen LogP contribution in [0.5, 0.6) is 0 Å². The van der Waals surface area contributed by atoms with Crippen molar-refractivity contribution in [3.05, 3.63) is 0 Å². The average molecular weight is 186 g/mol. The fraction of sp³-hybridized carbons (Fsp3) is 1.00. The van der Waals surface area contributed by atoms with Gasteiger partial charge in [0.1, 0.15) is 0 Å². The third-order valence-corrected chi connectivity index (χ3v) is 2.93. The van der Waals surface area contributed by atoms with E-state index in [0.717, 1.165) is 6.54 Å². The molecule has 3 atom stereocenters. The first-order valence-corrected chi connectivity index (χ1v) is 4.98. The highest BCUT2D eigenvalue weighted by molar-refractivity contribution is 4.82. The molecule has 2 aliphatic heterocycles. The molecule has 0 aromatic heterocycles. The maximum atomic E-state index is 5.68. The second-order valence-corrected chi connectivity index (χ2v) is 3.89. The van der Waals surface area contributed by atoms with Crippen LogP contribution < -0.4 is 5.73 Å². The summed E-state index contributed by atoms with van der Waals surface area (Å²) in [5, 5.41) is 0. The molecule has 0 spiro atoms. The highest BCUT2D eigenvalue weighted by Crippen LogP contribution is 2.24. The van der Waals surface area contributed by atoms with Gasteiger partial charge < -0.3 is 15.2 Å². The summed E-state index contributed by atoms with van der Waals surface area (Å²) < 4.78 is 11.2. The molecule has 0 aromatic carbocycles. The smallest absolute Gasteiger partial charge is 0.173 e. The average Bonchev–Trinajstić information content (AvgIpc) is 2.71. The molecule has 2 rings (SSSR count). The second-order valence-electron chi connectivity index (χ2n) is 3.89. The normalized spacial score (nSPS) is 41.5. The van der Waals surface area contributed by atoms with Crippen molar-refractivity contribution < 1.29 is 9.47 Å². The van der Waals surface area contributed by atoms with Gasteiger partial charge in [0.2, 0.25) is 0 Å². The maximum absolute atomic E-state index is 5.68. The predicted octanol–water partition coefficient (Wildman–Crippen LogP) is -0.219. The first-order chi connectivity index (χ1) is 6.31. The van der Waals surface area contributed by atoms with Crippen molar-refractivity contribution in [1.29, 1.82) is 0 Å². The van der Waals surface area contributed by atoms with Crippen LogP contribution in [0.3, 0.4) is 0 Å². The van der Waals surface area contributed by atoms with Crippen molar-refractivity contribution in [2.24, 2.45) is 5.73 Å². The molecule has 76 valence electrons. The molecule has 4 nitrogen and oxygen atoms in total. The molecule has 0 saturated carbocycles. The summed E-state index contributed by atoms with van der Waals surface area (Å²) in [6.45, 7) is 2.37. The second kappa shape index (κ2) is 3.92. The van der Waals surface area contributed by atoms with E-state index in [9.17, 15) is 0 Å². The van der Waals surface area contributed by atoms with E-state index in [1.54, 1.807) is 0 Å². The first-order valence-electron chi connectivity index (χ1n) is 4.98. The lowest BCUT2D eigenvalue weighted by Crippen LogP contribution is -2.37. The number of ether oxygens (including phenoxy) is 2. The zero-order chi connectivity index (χ0) is 9.26. The largest absolute Gasteiger partial charge is 0.348 e. The molecule has 0 aliphatic carbocycles. The van der Waals surface area contributed by atoms with Crippen LogP contribution in [0.15, 0.2) is 0 Å². The van der Waals surface area contributed by atoms with Gasteiger partial charge in [0.15, 0.2) is 6.29 Å². The van der Waals surface area contributed by atoms with E-state index in [1.165, 1.54) is 12.8 Å². The van der Waals surface area contributed by atoms with Crippen LogP contribution in [-0.2, 0) is 9.47 Å². The number of hydrogen-bond donors (Lipinski definition) is 1. The summed E-state index contributed by atoms with van der Waals surface area (Å²) >= 11 is 0.